The van der Waals surface area contributed by atoms with Crippen molar-refractivity contribution in [2.75, 3.05) is 11.1 Å². The van der Waals surface area contributed by atoms with Gasteiger partial charge in [0, 0.05) is 17.1 Å². The van der Waals surface area contributed by atoms with Gasteiger partial charge in [-0.15, -0.1) is 13.2 Å². The van der Waals surface area contributed by atoms with Gasteiger partial charge in [-0.05, 0) is 41.5 Å². The molecule has 35 heavy (non-hydrogen) atoms. The van der Waals surface area contributed by atoms with Gasteiger partial charge < -0.3 is 15.0 Å². The fourth-order valence-corrected chi connectivity index (χ4v) is 4.64. The number of sulfone groups is 1. The molecule has 0 aliphatic carbocycles. The number of aromatic nitrogens is 1. The summed E-state index contributed by atoms with van der Waals surface area (Å²) in [6.07, 6.45) is -3.19. The van der Waals surface area contributed by atoms with Crippen LogP contribution >= 0.6 is 0 Å². The first-order valence-electron chi connectivity index (χ1n) is 10.6. The Balaban J connectivity index is 1.58. The number of nitrogens with one attached hydrogen (secondary N) is 2. The van der Waals surface area contributed by atoms with Crippen LogP contribution in [0.25, 0.3) is 22.0 Å². The van der Waals surface area contributed by atoms with Gasteiger partial charge >= 0.3 is 6.36 Å². The molecule has 1 aromatic heterocycles. The maximum absolute atomic E-state index is 12.9. The van der Waals surface area contributed by atoms with Gasteiger partial charge in [0.15, 0.2) is 9.84 Å². The van der Waals surface area contributed by atoms with E-state index in [0.717, 1.165) is 0 Å². The lowest BCUT2D eigenvalue weighted by molar-refractivity contribution is -0.274. The Morgan fingerprint density at radius 2 is 1.69 bits per heavy atom. The second kappa shape index (κ2) is 9.46. The summed E-state index contributed by atoms with van der Waals surface area (Å²) in [6, 6.07) is 16.9. The molecule has 4 rings (SSSR count). The minimum atomic E-state index is -4.83. The van der Waals surface area contributed by atoms with Crippen molar-refractivity contribution in [1.82, 2.24) is 4.98 Å². The van der Waals surface area contributed by atoms with Crippen LogP contribution in [0, 0.1) is 0 Å². The molecule has 182 valence electrons. The summed E-state index contributed by atoms with van der Waals surface area (Å²) in [5.74, 6) is -0.671. The molecular weight excluding hydrogens is 481 g/mol. The third-order valence-corrected chi connectivity index (χ3v) is 7.18. The summed E-state index contributed by atoms with van der Waals surface area (Å²) in [7, 11) is -3.33. The zero-order chi connectivity index (χ0) is 25.2. The number of benzene rings is 3. The number of alkyl halides is 3. The lowest BCUT2D eigenvalue weighted by Crippen LogP contribution is -2.17. The Morgan fingerprint density at radius 1 is 0.971 bits per heavy atom. The Bertz CT molecular complexity index is 1480. The van der Waals surface area contributed by atoms with Gasteiger partial charge in [-0.3, -0.25) is 4.79 Å². The topological polar surface area (TPSA) is 88.3 Å². The maximum Gasteiger partial charge on any atom is 0.573 e. The van der Waals surface area contributed by atoms with E-state index in [0.29, 0.717) is 27.7 Å². The van der Waals surface area contributed by atoms with Crippen molar-refractivity contribution in [3.63, 3.8) is 0 Å². The maximum atomic E-state index is 12.9. The zero-order valence-corrected chi connectivity index (χ0v) is 19.3. The molecule has 3 aromatic carbocycles. The van der Waals surface area contributed by atoms with Gasteiger partial charge in [-0.2, -0.15) is 0 Å². The number of rotatable bonds is 7. The average molecular weight is 503 g/mol. The molecule has 0 aliphatic rings. The molecule has 2 N–H and O–H groups in total. The lowest BCUT2D eigenvalue weighted by atomic mass is 10.00. The number of halogens is 3. The van der Waals surface area contributed by atoms with Crippen LogP contribution in [-0.4, -0.2) is 31.4 Å². The molecule has 0 bridgehead atoms. The van der Waals surface area contributed by atoms with Gasteiger partial charge in [0.05, 0.1) is 28.3 Å². The Kier molecular flexibility index (Phi) is 6.58. The number of H-pyrrole nitrogens is 1. The number of carbonyl (C=O) groups is 1. The summed E-state index contributed by atoms with van der Waals surface area (Å²) in [6.45, 7) is 1.56. The number of para-hydroxylation sites is 1. The average Bonchev–Trinajstić information content (AvgIpc) is 3.30. The van der Waals surface area contributed by atoms with Crippen molar-refractivity contribution in [2.24, 2.45) is 0 Å². The number of anilines is 1. The van der Waals surface area contributed by atoms with E-state index in [1.807, 2.05) is 0 Å². The minimum absolute atomic E-state index is 0.0121. The molecule has 10 heteroatoms. The largest absolute Gasteiger partial charge is 0.573 e. The van der Waals surface area contributed by atoms with Crippen LogP contribution in [0.5, 0.6) is 5.75 Å². The van der Waals surface area contributed by atoms with Crippen LogP contribution in [0.4, 0.5) is 18.9 Å². The first-order valence-corrected chi connectivity index (χ1v) is 12.3. The van der Waals surface area contributed by atoms with Gasteiger partial charge in [-0.25, -0.2) is 8.42 Å². The normalized spacial score (nSPS) is 12.0. The molecular formula is C25H21F3N2O4S. The van der Waals surface area contributed by atoms with Crippen LogP contribution in [0.15, 0.2) is 77.8 Å². The standard InChI is InChI=1S/C25H21F3N2O4S/c1-2-35(32,33)17-9-7-16(8-10-17)15-23(31)30-21-12-11-18(20-13-14-29-24(20)21)19-5-3-4-6-22(19)34-25(26,27)28/h3-14,29H,2,15H2,1H3,(H,30,31). The summed E-state index contributed by atoms with van der Waals surface area (Å²) in [5.41, 5.74) is 2.40. The van der Waals surface area contributed by atoms with E-state index in [2.05, 4.69) is 15.0 Å². The summed E-state index contributed by atoms with van der Waals surface area (Å²) in [5, 5.41) is 3.41. The van der Waals surface area contributed by atoms with Crippen LogP contribution in [0.1, 0.15) is 12.5 Å². The molecule has 0 atom stereocenters. The van der Waals surface area contributed by atoms with E-state index < -0.39 is 16.2 Å². The smallest absolute Gasteiger partial charge is 0.405 e. The molecule has 0 saturated heterocycles. The highest BCUT2D eigenvalue weighted by molar-refractivity contribution is 7.91. The number of hydrogen-bond acceptors (Lipinski definition) is 4. The van der Waals surface area contributed by atoms with E-state index in [9.17, 15) is 26.4 Å². The highest BCUT2D eigenvalue weighted by atomic mass is 32.2. The van der Waals surface area contributed by atoms with Gasteiger partial charge in [0.25, 0.3) is 0 Å². The predicted octanol–water partition coefficient (Wildman–Crippen LogP) is 5.71. The number of amides is 1. The van der Waals surface area contributed by atoms with Crippen LogP contribution in [-0.2, 0) is 21.1 Å². The molecule has 0 unspecified atom stereocenters. The third kappa shape index (κ3) is 5.48. The highest BCUT2D eigenvalue weighted by Gasteiger charge is 2.32. The van der Waals surface area contributed by atoms with E-state index in [1.54, 1.807) is 49.5 Å². The summed E-state index contributed by atoms with van der Waals surface area (Å²) in [4.78, 5) is 15.9. The number of fused-ring (bicyclic) bond motifs is 1. The molecule has 0 radical (unpaired) electrons. The molecule has 0 fully saturated rings. The van der Waals surface area contributed by atoms with E-state index in [-0.39, 0.29) is 34.3 Å². The van der Waals surface area contributed by atoms with Crippen molar-refractivity contribution in [2.45, 2.75) is 24.6 Å². The van der Waals surface area contributed by atoms with Crippen LogP contribution in [0.3, 0.4) is 0 Å². The molecule has 1 amide bonds. The summed E-state index contributed by atoms with van der Waals surface area (Å²) < 4.78 is 66.7. The molecule has 0 spiro atoms. The van der Waals surface area contributed by atoms with Crippen molar-refractivity contribution in [1.29, 1.82) is 0 Å². The monoisotopic (exact) mass is 502 g/mol. The first kappa shape index (κ1) is 24.3. The van der Waals surface area contributed by atoms with E-state index in [4.69, 9.17) is 0 Å². The number of hydrogen-bond donors (Lipinski definition) is 2. The molecule has 6 nitrogen and oxygen atoms in total. The fourth-order valence-electron chi connectivity index (χ4n) is 3.76. The SMILES string of the molecule is CCS(=O)(=O)c1ccc(CC(=O)Nc2ccc(-c3ccccc3OC(F)(F)F)c3cc[nH]c23)cc1. The quantitative estimate of drug-likeness (QED) is 0.339. The van der Waals surface area contributed by atoms with Gasteiger partial charge in [0.1, 0.15) is 5.75 Å². The third-order valence-electron chi connectivity index (χ3n) is 5.43. The molecule has 0 aliphatic heterocycles. The first-order chi connectivity index (χ1) is 16.6. The Morgan fingerprint density at radius 3 is 2.37 bits per heavy atom. The lowest BCUT2D eigenvalue weighted by Gasteiger charge is -2.15. The zero-order valence-electron chi connectivity index (χ0n) is 18.5. The second-order valence-corrected chi connectivity index (χ2v) is 10.0. The summed E-state index contributed by atoms with van der Waals surface area (Å²) >= 11 is 0. The number of aromatic amines is 1. The van der Waals surface area contributed by atoms with Gasteiger partial charge in [-0.1, -0.05) is 43.3 Å². The molecule has 1 heterocycles. The highest BCUT2D eigenvalue weighted by Crippen LogP contribution is 2.39. The molecule has 0 saturated carbocycles. The van der Waals surface area contributed by atoms with Crippen molar-refractivity contribution < 1.29 is 31.1 Å². The minimum Gasteiger partial charge on any atom is -0.405 e. The van der Waals surface area contributed by atoms with Crippen molar-refractivity contribution >= 4 is 32.3 Å². The van der Waals surface area contributed by atoms with E-state index in [1.165, 1.54) is 30.3 Å². The Labute approximate surface area is 199 Å². The predicted molar refractivity (Wildman–Crippen MR) is 127 cm³/mol. The second-order valence-electron chi connectivity index (χ2n) is 7.74. The molecule has 4 aromatic rings. The van der Waals surface area contributed by atoms with Gasteiger partial charge in [0.2, 0.25) is 5.91 Å². The van der Waals surface area contributed by atoms with Crippen molar-refractivity contribution in [3.05, 3.63) is 78.5 Å². The van der Waals surface area contributed by atoms with Crippen LogP contribution in [0.2, 0.25) is 0 Å². The number of carbonyl (C=O) groups excluding carboxylic acids is 1. The van der Waals surface area contributed by atoms with E-state index >= 15 is 0 Å². The number of ether oxygens (including phenoxy) is 1. The fraction of sp³-hybridized carbons (Fsp3) is 0.160. The van der Waals surface area contributed by atoms with Crippen LogP contribution < -0.4 is 10.1 Å². The Hall–Kier alpha value is -3.79. The van der Waals surface area contributed by atoms with Crippen molar-refractivity contribution in [3.8, 4) is 16.9 Å².